The Morgan fingerprint density at radius 3 is 2.95 bits per heavy atom. The van der Waals surface area contributed by atoms with Crippen LogP contribution in [0.3, 0.4) is 0 Å². The molecule has 7 heteroatoms. The van der Waals surface area contributed by atoms with Gasteiger partial charge in [0.2, 0.25) is 5.91 Å². The second-order valence-corrected chi connectivity index (χ2v) is 5.40. The first-order chi connectivity index (χ1) is 10.7. The summed E-state index contributed by atoms with van der Waals surface area (Å²) >= 11 is 0. The summed E-state index contributed by atoms with van der Waals surface area (Å²) in [5.41, 5.74) is -0.372. The van der Waals surface area contributed by atoms with Gasteiger partial charge in [0.25, 0.3) is 5.91 Å². The SMILES string of the molecule is CNC(=O)C1(n2cccn2)CCCN(C(=O)c2ccoc2)C1. The second kappa shape index (κ2) is 5.67. The van der Waals surface area contributed by atoms with Crippen molar-refractivity contribution in [1.29, 1.82) is 0 Å². The van der Waals surface area contributed by atoms with Crippen LogP contribution in [0.5, 0.6) is 0 Å². The van der Waals surface area contributed by atoms with Crippen molar-refractivity contribution in [3.63, 3.8) is 0 Å². The van der Waals surface area contributed by atoms with Gasteiger partial charge in [0.1, 0.15) is 6.26 Å². The normalized spacial score (nSPS) is 21.6. The van der Waals surface area contributed by atoms with Crippen LogP contribution in [0.2, 0.25) is 0 Å². The summed E-state index contributed by atoms with van der Waals surface area (Å²) in [5, 5.41) is 6.94. The van der Waals surface area contributed by atoms with Gasteiger partial charge in [-0.15, -0.1) is 0 Å². The van der Waals surface area contributed by atoms with Crippen LogP contribution in [-0.4, -0.2) is 46.6 Å². The summed E-state index contributed by atoms with van der Waals surface area (Å²) in [6.07, 6.45) is 7.67. The van der Waals surface area contributed by atoms with E-state index >= 15 is 0 Å². The molecule has 7 nitrogen and oxygen atoms in total. The molecule has 0 aromatic carbocycles. The number of carbonyl (C=O) groups is 2. The average Bonchev–Trinajstić information content (AvgIpc) is 3.26. The van der Waals surface area contributed by atoms with Crippen LogP contribution in [0.15, 0.2) is 41.5 Å². The molecule has 1 fully saturated rings. The third-order valence-electron chi connectivity index (χ3n) is 4.12. The van der Waals surface area contributed by atoms with E-state index in [-0.39, 0.29) is 11.8 Å². The lowest BCUT2D eigenvalue weighted by Crippen LogP contribution is -2.59. The Kier molecular flexibility index (Phi) is 3.70. The van der Waals surface area contributed by atoms with E-state index in [0.717, 1.165) is 6.42 Å². The van der Waals surface area contributed by atoms with Gasteiger partial charge in [0.15, 0.2) is 5.54 Å². The molecule has 0 aliphatic carbocycles. The number of rotatable bonds is 3. The number of nitrogens with zero attached hydrogens (tertiary/aromatic N) is 3. The van der Waals surface area contributed by atoms with Crippen molar-refractivity contribution in [2.45, 2.75) is 18.4 Å². The molecule has 2 aromatic heterocycles. The molecule has 116 valence electrons. The molecule has 2 aromatic rings. The lowest BCUT2D eigenvalue weighted by Gasteiger charge is -2.41. The topological polar surface area (TPSA) is 80.4 Å². The van der Waals surface area contributed by atoms with Crippen LogP contribution in [0.1, 0.15) is 23.2 Å². The Hall–Kier alpha value is -2.57. The molecule has 3 rings (SSSR count). The maximum Gasteiger partial charge on any atom is 0.257 e. The van der Waals surface area contributed by atoms with Crippen molar-refractivity contribution in [3.8, 4) is 0 Å². The Balaban J connectivity index is 1.92. The Bertz CT molecular complexity index is 650. The average molecular weight is 302 g/mol. The molecule has 0 saturated carbocycles. The number of furan rings is 1. The number of likely N-dealkylation sites (N-methyl/N-ethyl adjacent to an activating group) is 1. The summed E-state index contributed by atoms with van der Waals surface area (Å²) < 4.78 is 6.63. The molecule has 1 atom stereocenters. The van der Waals surface area contributed by atoms with Crippen LogP contribution in [0.4, 0.5) is 0 Å². The number of hydrogen-bond donors (Lipinski definition) is 1. The standard InChI is InChI=1S/C15H18N4O3/c1-16-14(21)15(19-8-3-6-17-19)5-2-7-18(11-15)13(20)12-4-9-22-10-12/h3-4,6,8-10H,2,5,7,11H2,1H3,(H,16,21). The van der Waals surface area contributed by atoms with E-state index in [4.69, 9.17) is 4.42 Å². The van der Waals surface area contributed by atoms with Gasteiger partial charge < -0.3 is 14.6 Å². The molecule has 1 N–H and O–H groups in total. The van der Waals surface area contributed by atoms with Crippen molar-refractivity contribution in [3.05, 3.63) is 42.6 Å². The molecule has 2 amide bonds. The molecule has 1 unspecified atom stereocenters. The lowest BCUT2D eigenvalue weighted by molar-refractivity contribution is -0.132. The number of aromatic nitrogens is 2. The van der Waals surface area contributed by atoms with Gasteiger partial charge in [0, 0.05) is 26.0 Å². The Labute approximate surface area is 127 Å². The molecule has 22 heavy (non-hydrogen) atoms. The van der Waals surface area contributed by atoms with Crippen LogP contribution >= 0.6 is 0 Å². The Morgan fingerprint density at radius 1 is 1.45 bits per heavy atom. The molecule has 0 bridgehead atoms. The smallest absolute Gasteiger partial charge is 0.257 e. The minimum Gasteiger partial charge on any atom is -0.472 e. The maximum atomic E-state index is 12.5. The van der Waals surface area contributed by atoms with Crippen molar-refractivity contribution in [1.82, 2.24) is 20.0 Å². The van der Waals surface area contributed by atoms with Gasteiger partial charge in [-0.3, -0.25) is 14.3 Å². The van der Waals surface area contributed by atoms with Crippen LogP contribution in [0, 0.1) is 0 Å². The number of hydrogen-bond acceptors (Lipinski definition) is 4. The van der Waals surface area contributed by atoms with Gasteiger partial charge in [-0.1, -0.05) is 0 Å². The monoisotopic (exact) mass is 302 g/mol. The number of likely N-dealkylation sites (tertiary alicyclic amines) is 1. The first kappa shape index (κ1) is 14.4. The molecule has 0 radical (unpaired) electrons. The van der Waals surface area contributed by atoms with E-state index in [2.05, 4.69) is 10.4 Å². The van der Waals surface area contributed by atoms with Crippen molar-refractivity contribution in [2.24, 2.45) is 0 Å². The highest BCUT2D eigenvalue weighted by atomic mass is 16.3. The zero-order valence-corrected chi connectivity index (χ0v) is 12.4. The summed E-state index contributed by atoms with van der Waals surface area (Å²) in [5.74, 6) is -0.269. The third-order valence-corrected chi connectivity index (χ3v) is 4.12. The molecule has 0 spiro atoms. The van der Waals surface area contributed by atoms with E-state index in [0.29, 0.717) is 25.1 Å². The van der Waals surface area contributed by atoms with E-state index in [1.54, 1.807) is 41.2 Å². The summed E-state index contributed by atoms with van der Waals surface area (Å²) in [7, 11) is 1.60. The number of nitrogens with one attached hydrogen (secondary N) is 1. The van der Waals surface area contributed by atoms with E-state index in [1.165, 1.54) is 12.5 Å². The molecule has 1 aliphatic heterocycles. The second-order valence-electron chi connectivity index (χ2n) is 5.40. The predicted molar refractivity (Wildman–Crippen MR) is 78.1 cm³/mol. The third kappa shape index (κ3) is 2.28. The van der Waals surface area contributed by atoms with Crippen LogP contribution in [-0.2, 0) is 10.3 Å². The van der Waals surface area contributed by atoms with Gasteiger partial charge in [-0.05, 0) is 25.0 Å². The highest BCUT2D eigenvalue weighted by molar-refractivity contribution is 5.95. The first-order valence-electron chi connectivity index (χ1n) is 7.21. The van der Waals surface area contributed by atoms with E-state index < -0.39 is 5.54 Å². The zero-order chi connectivity index (χ0) is 15.6. The highest BCUT2D eigenvalue weighted by Gasteiger charge is 2.45. The molecule has 1 saturated heterocycles. The molecule has 1 aliphatic rings. The zero-order valence-electron chi connectivity index (χ0n) is 12.4. The maximum absolute atomic E-state index is 12.5. The highest BCUT2D eigenvalue weighted by Crippen LogP contribution is 2.29. The van der Waals surface area contributed by atoms with Gasteiger partial charge in [-0.2, -0.15) is 5.10 Å². The predicted octanol–water partition coefficient (Wildman–Crippen LogP) is 0.854. The quantitative estimate of drug-likeness (QED) is 0.911. The number of amides is 2. The fourth-order valence-corrected chi connectivity index (χ4v) is 3.01. The largest absolute Gasteiger partial charge is 0.472 e. The lowest BCUT2D eigenvalue weighted by atomic mass is 9.87. The van der Waals surface area contributed by atoms with E-state index in [9.17, 15) is 9.59 Å². The molecular formula is C15H18N4O3. The van der Waals surface area contributed by atoms with Crippen LogP contribution in [0.25, 0.3) is 0 Å². The first-order valence-corrected chi connectivity index (χ1v) is 7.21. The summed E-state index contributed by atoms with van der Waals surface area (Å²) in [6, 6.07) is 3.41. The summed E-state index contributed by atoms with van der Waals surface area (Å²) in [4.78, 5) is 26.7. The van der Waals surface area contributed by atoms with E-state index in [1.807, 2.05) is 0 Å². The molecule has 3 heterocycles. The van der Waals surface area contributed by atoms with Gasteiger partial charge >= 0.3 is 0 Å². The van der Waals surface area contributed by atoms with Crippen molar-refractivity contribution < 1.29 is 14.0 Å². The fourth-order valence-electron chi connectivity index (χ4n) is 3.01. The minimum atomic E-state index is -0.865. The van der Waals surface area contributed by atoms with Gasteiger partial charge in [-0.25, -0.2) is 0 Å². The van der Waals surface area contributed by atoms with Crippen molar-refractivity contribution in [2.75, 3.05) is 20.1 Å². The van der Waals surface area contributed by atoms with Crippen molar-refractivity contribution >= 4 is 11.8 Å². The number of carbonyl (C=O) groups excluding carboxylic acids is 2. The van der Waals surface area contributed by atoms with Gasteiger partial charge in [0.05, 0.1) is 18.4 Å². The minimum absolute atomic E-state index is 0.131. The Morgan fingerprint density at radius 2 is 2.32 bits per heavy atom. The summed E-state index contributed by atoms with van der Waals surface area (Å²) in [6.45, 7) is 0.905. The number of piperidine rings is 1. The fraction of sp³-hybridized carbons (Fsp3) is 0.400. The van der Waals surface area contributed by atoms with Crippen LogP contribution < -0.4 is 5.32 Å². The molecular weight excluding hydrogens is 284 g/mol.